The van der Waals surface area contributed by atoms with Crippen LogP contribution in [0.2, 0.25) is 5.02 Å². The number of carbonyl (C=O) groups excluding carboxylic acids is 2. The third kappa shape index (κ3) is 5.03. The van der Waals surface area contributed by atoms with Gasteiger partial charge in [0.2, 0.25) is 5.91 Å². The average molecular weight is 498 g/mol. The lowest BCUT2D eigenvalue weighted by Gasteiger charge is -2.31. The fourth-order valence-electron chi connectivity index (χ4n) is 3.59. The van der Waals surface area contributed by atoms with Gasteiger partial charge in [-0.05, 0) is 49.7 Å². The molecule has 6 nitrogen and oxygen atoms in total. The second-order valence-electron chi connectivity index (χ2n) is 7.53. The smallest absolute Gasteiger partial charge is 0.271 e. The van der Waals surface area contributed by atoms with E-state index in [-0.39, 0.29) is 17.3 Å². The van der Waals surface area contributed by atoms with Crippen LogP contribution >= 0.6 is 22.9 Å². The van der Waals surface area contributed by atoms with Gasteiger partial charge in [-0.1, -0.05) is 41.9 Å². The van der Waals surface area contributed by atoms with Gasteiger partial charge in [0.25, 0.3) is 5.91 Å². The SMILES string of the molecule is Cc1nc(C)c(C(=O)N(c2ccc(Cl)c(F)c2)C(C(=O)NCc2ccco2)c2ccccc2)s1. The lowest BCUT2D eigenvalue weighted by atomic mass is 10.0. The van der Waals surface area contributed by atoms with Gasteiger partial charge in [0.15, 0.2) is 0 Å². The number of nitrogens with zero attached hydrogens (tertiary/aromatic N) is 2. The molecule has 0 spiro atoms. The molecule has 2 aromatic heterocycles. The molecule has 0 fully saturated rings. The summed E-state index contributed by atoms with van der Waals surface area (Å²) < 4.78 is 19.8. The van der Waals surface area contributed by atoms with E-state index in [9.17, 15) is 14.0 Å². The first-order valence-corrected chi connectivity index (χ1v) is 11.6. The van der Waals surface area contributed by atoms with E-state index in [1.54, 1.807) is 50.2 Å². The summed E-state index contributed by atoms with van der Waals surface area (Å²) >= 11 is 7.12. The molecule has 1 atom stereocenters. The minimum atomic E-state index is -1.09. The van der Waals surface area contributed by atoms with Gasteiger partial charge in [-0.2, -0.15) is 0 Å². The monoisotopic (exact) mass is 497 g/mol. The molecule has 1 N–H and O–H groups in total. The minimum absolute atomic E-state index is 0.0838. The van der Waals surface area contributed by atoms with Crippen LogP contribution in [0.3, 0.4) is 0 Å². The highest BCUT2D eigenvalue weighted by molar-refractivity contribution is 7.13. The molecule has 4 aromatic rings. The van der Waals surface area contributed by atoms with Crippen LogP contribution in [-0.2, 0) is 11.3 Å². The highest BCUT2D eigenvalue weighted by atomic mass is 35.5. The first kappa shape index (κ1) is 23.7. The average Bonchev–Trinajstić information content (AvgIpc) is 3.47. The van der Waals surface area contributed by atoms with E-state index in [0.717, 1.165) is 6.07 Å². The molecule has 2 aromatic carbocycles. The zero-order valence-electron chi connectivity index (χ0n) is 18.4. The van der Waals surface area contributed by atoms with E-state index >= 15 is 0 Å². The summed E-state index contributed by atoms with van der Waals surface area (Å²) in [6, 6.07) is 15.2. The molecular weight excluding hydrogens is 477 g/mol. The van der Waals surface area contributed by atoms with Crippen molar-refractivity contribution in [3.63, 3.8) is 0 Å². The Hall–Kier alpha value is -3.49. The third-order valence-electron chi connectivity index (χ3n) is 5.14. The van der Waals surface area contributed by atoms with Crippen molar-refractivity contribution in [2.75, 3.05) is 4.90 Å². The molecule has 0 saturated heterocycles. The number of halogens is 2. The molecule has 1 unspecified atom stereocenters. The topological polar surface area (TPSA) is 75.4 Å². The molecule has 4 rings (SSSR count). The van der Waals surface area contributed by atoms with Crippen molar-refractivity contribution in [3.05, 3.63) is 105 Å². The van der Waals surface area contributed by atoms with E-state index in [0.29, 0.717) is 26.9 Å². The van der Waals surface area contributed by atoms with Crippen molar-refractivity contribution >= 4 is 40.4 Å². The quantitative estimate of drug-likeness (QED) is 0.347. The van der Waals surface area contributed by atoms with Gasteiger partial charge in [-0.25, -0.2) is 9.37 Å². The second kappa shape index (κ2) is 10.2. The summed E-state index contributed by atoms with van der Waals surface area (Å²) in [5.74, 6) is -1.06. The van der Waals surface area contributed by atoms with Crippen molar-refractivity contribution in [3.8, 4) is 0 Å². The van der Waals surface area contributed by atoms with Crippen molar-refractivity contribution in [2.24, 2.45) is 0 Å². The predicted molar refractivity (Wildman–Crippen MR) is 130 cm³/mol. The lowest BCUT2D eigenvalue weighted by Crippen LogP contribution is -2.44. The predicted octanol–water partition coefficient (Wildman–Crippen LogP) is 5.85. The zero-order valence-corrected chi connectivity index (χ0v) is 20.0. The molecule has 174 valence electrons. The van der Waals surface area contributed by atoms with Gasteiger partial charge >= 0.3 is 0 Å². The molecule has 0 radical (unpaired) electrons. The van der Waals surface area contributed by atoms with Crippen LogP contribution in [0.25, 0.3) is 0 Å². The number of anilines is 1. The minimum Gasteiger partial charge on any atom is -0.467 e. The molecule has 2 heterocycles. The van der Waals surface area contributed by atoms with Gasteiger partial charge in [0.1, 0.15) is 22.5 Å². The fraction of sp³-hybridized carbons (Fsp3) is 0.160. The highest BCUT2D eigenvalue weighted by Gasteiger charge is 2.35. The number of hydrogen-bond donors (Lipinski definition) is 1. The number of nitrogens with one attached hydrogen (secondary N) is 1. The van der Waals surface area contributed by atoms with Crippen LogP contribution in [-0.4, -0.2) is 16.8 Å². The maximum absolute atomic E-state index is 14.5. The van der Waals surface area contributed by atoms with Gasteiger partial charge in [0, 0.05) is 5.69 Å². The van der Waals surface area contributed by atoms with Crippen molar-refractivity contribution in [1.82, 2.24) is 10.3 Å². The number of hydrogen-bond acceptors (Lipinski definition) is 5. The first-order valence-electron chi connectivity index (χ1n) is 10.4. The van der Waals surface area contributed by atoms with Crippen LogP contribution in [0, 0.1) is 19.7 Å². The Kier molecular flexibility index (Phi) is 7.09. The summed E-state index contributed by atoms with van der Waals surface area (Å²) in [5, 5.41) is 3.45. The Morgan fingerprint density at radius 3 is 2.53 bits per heavy atom. The first-order chi connectivity index (χ1) is 16.3. The fourth-order valence-corrected chi connectivity index (χ4v) is 4.57. The van der Waals surface area contributed by atoms with Gasteiger partial charge in [-0.3, -0.25) is 14.5 Å². The van der Waals surface area contributed by atoms with Gasteiger partial charge in [-0.15, -0.1) is 11.3 Å². The Labute approximate surface area is 205 Å². The largest absolute Gasteiger partial charge is 0.467 e. The van der Waals surface area contributed by atoms with Crippen molar-refractivity contribution in [2.45, 2.75) is 26.4 Å². The van der Waals surface area contributed by atoms with Crippen LogP contribution < -0.4 is 10.2 Å². The van der Waals surface area contributed by atoms with Crippen molar-refractivity contribution < 1.29 is 18.4 Å². The number of aryl methyl sites for hydroxylation is 2. The number of aromatic nitrogens is 1. The third-order valence-corrected chi connectivity index (χ3v) is 6.50. The van der Waals surface area contributed by atoms with E-state index in [4.69, 9.17) is 16.0 Å². The standard InChI is InChI=1S/C25H21ClFN3O3S/c1-15-23(34-16(2)29-15)25(32)30(18-10-11-20(26)21(27)13-18)22(17-7-4-3-5-8-17)24(31)28-14-19-9-6-12-33-19/h3-13,22H,14H2,1-2H3,(H,28,31). The second-order valence-corrected chi connectivity index (χ2v) is 9.14. The zero-order chi connectivity index (χ0) is 24.2. The Morgan fingerprint density at radius 2 is 1.91 bits per heavy atom. The van der Waals surface area contributed by atoms with E-state index in [1.807, 2.05) is 6.07 Å². The molecule has 2 amide bonds. The summed E-state index contributed by atoms with van der Waals surface area (Å²) in [5.41, 5.74) is 1.29. The highest BCUT2D eigenvalue weighted by Crippen LogP contribution is 2.33. The Bertz CT molecular complexity index is 1310. The van der Waals surface area contributed by atoms with Crippen LogP contribution in [0.4, 0.5) is 10.1 Å². The number of carbonyl (C=O) groups is 2. The van der Waals surface area contributed by atoms with E-state index in [1.165, 1.54) is 34.6 Å². The molecule has 34 heavy (non-hydrogen) atoms. The number of furan rings is 1. The van der Waals surface area contributed by atoms with Gasteiger partial charge in [0.05, 0.1) is 28.5 Å². The summed E-state index contributed by atoms with van der Waals surface area (Å²) in [7, 11) is 0. The normalized spacial score (nSPS) is 11.8. The summed E-state index contributed by atoms with van der Waals surface area (Å²) in [4.78, 5) is 33.4. The van der Waals surface area contributed by atoms with E-state index < -0.39 is 23.7 Å². The van der Waals surface area contributed by atoms with Crippen LogP contribution in [0.5, 0.6) is 0 Å². The van der Waals surface area contributed by atoms with Crippen molar-refractivity contribution in [1.29, 1.82) is 0 Å². The summed E-state index contributed by atoms with van der Waals surface area (Å²) in [6.07, 6.45) is 1.51. The Balaban J connectivity index is 1.82. The molecule has 9 heteroatoms. The van der Waals surface area contributed by atoms with E-state index in [2.05, 4.69) is 10.3 Å². The maximum Gasteiger partial charge on any atom is 0.271 e. The number of thiazole rings is 1. The number of benzene rings is 2. The molecular formula is C25H21ClFN3O3S. The number of amides is 2. The van der Waals surface area contributed by atoms with Crippen LogP contribution in [0.1, 0.15) is 37.7 Å². The number of rotatable bonds is 7. The van der Waals surface area contributed by atoms with Crippen LogP contribution in [0.15, 0.2) is 71.3 Å². The molecule has 0 saturated carbocycles. The molecule has 0 bridgehead atoms. The molecule has 0 aliphatic carbocycles. The summed E-state index contributed by atoms with van der Waals surface area (Å²) in [6.45, 7) is 3.65. The lowest BCUT2D eigenvalue weighted by molar-refractivity contribution is -0.122. The molecule has 0 aliphatic heterocycles. The molecule has 0 aliphatic rings. The van der Waals surface area contributed by atoms with Gasteiger partial charge < -0.3 is 9.73 Å². The Morgan fingerprint density at radius 1 is 1.15 bits per heavy atom. The maximum atomic E-state index is 14.5.